The molecule has 8 heteroatoms. The largest absolute Gasteiger partial charge is 0.419 e. The van der Waals surface area contributed by atoms with Crippen molar-refractivity contribution in [2.75, 3.05) is 13.7 Å². The van der Waals surface area contributed by atoms with Gasteiger partial charge in [-0.05, 0) is 18.6 Å². The number of halogens is 3. The van der Waals surface area contributed by atoms with E-state index in [2.05, 4.69) is 10.3 Å². The number of rotatable bonds is 5. The van der Waals surface area contributed by atoms with Gasteiger partial charge >= 0.3 is 6.18 Å². The number of ether oxygens (including phenoxy) is 1. The normalized spacial score (nSPS) is 13.5. The van der Waals surface area contributed by atoms with Crippen molar-refractivity contribution in [2.24, 2.45) is 0 Å². The van der Waals surface area contributed by atoms with E-state index in [9.17, 15) is 18.0 Å². The predicted molar refractivity (Wildman–Crippen MR) is 74.6 cm³/mol. The molecule has 0 aromatic carbocycles. The van der Waals surface area contributed by atoms with Gasteiger partial charge in [0.25, 0.3) is 5.56 Å². The molecule has 0 saturated carbocycles. The van der Waals surface area contributed by atoms with Crippen LogP contribution in [0.3, 0.4) is 0 Å². The Kier molecular flexibility index (Phi) is 4.82. The molecule has 0 saturated heterocycles. The van der Waals surface area contributed by atoms with E-state index >= 15 is 0 Å². The summed E-state index contributed by atoms with van der Waals surface area (Å²) in [6.45, 7) is 2.51. The van der Waals surface area contributed by atoms with Gasteiger partial charge in [-0.25, -0.2) is 4.98 Å². The summed E-state index contributed by atoms with van der Waals surface area (Å²) < 4.78 is 45.4. The Morgan fingerprint density at radius 1 is 1.45 bits per heavy atom. The lowest BCUT2D eigenvalue weighted by molar-refractivity contribution is -0.136. The molecule has 22 heavy (non-hydrogen) atoms. The number of methoxy groups -OCH3 is 1. The van der Waals surface area contributed by atoms with Crippen molar-refractivity contribution < 1.29 is 17.9 Å². The topological polar surface area (TPSA) is 55.6 Å². The lowest BCUT2D eigenvalue weighted by atomic mass is 10.1. The summed E-state index contributed by atoms with van der Waals surface area (Å²) in [5, 5.41) is 2.99. The van der Waals surface area contributed by atoms with Gasteiger partial charge in [0.1, 0.15) is 0 Å². The third-order valence-electron chi connectivity index (χ3n) is 3.21. The summed E-state index contributed by atoms with van der Waals surface area (Å²) in [4.78, 5) is 15.4. The van der Waals surface area contributed by atoms with Crippen LogP contribution in [0.4, 0.5) is 13.2 Å². The Morgan fingerprint density at radius 3 is 2.82 bits per heavy atom. The highest BCUT2D eigenvalue weighted by Gasteiger charge is 2.34. The summed E-state index contributed by atoms with van der Waals surface area (Å²) in [5.41, 5.74) is -1.53. The van der Waals surface area contributed by atoms with Crippen molar-refractivity contribution in [2.45, 2.75) is 25.7 Å². The van der Waals surface area contributed by atoms with Crippen LogP contribution in [0.2, 0.25) is 0 Å². The van der Waals surface area contributed by atoms with E-state index in [1.165, 1.54) is 6.20 Å². The molecular weight excluding hydrogens is 299 g/mol. The molecule has 0 aliphatic heterocycles. The van der Waals surface area contributed by atoms with Crippen molar-refractivity contribution in [3.8, 4) is 0 Å². The van der Waals surface area contributed by atoms with Gasteiger partial charge in [0.2, 0.25) is 0 Å². The summed E-state index contributed by atoms with van der Waals surface area (Å²) in [6.07, 6.45) is -2.20. The smallest absolute Gasteiger partial charge is 0.380 e. The molecule has 2 rings (SSSR count). The van der Waals surface area contributed by atoms with Crippen LogP contribution in [0.25, 0.3) is 5.65 Å². The molecule has 0 aliphatic carbocycles. The SMILES string of the molecule is CO[C@@H](C)CNCc1cc(C(F)(F)F)c2nccc(=O)n2c1. The minimum absolute atomic E-state index is 0.0630. The van der Waals surface area contributed by atoms with Gasteiger partial charge < -0.3 is 10.1 Å². The zero-order chi connectivity index (χ0) is 16.3. The molecule has 5 nitrogen and oxygen atoms in total. The molecule has 0 amide bonds. The Labute approximate surface area is 124 Å². The lowest BCUT2D eigenvalue weighted by Gasteiger charge is -2.14. The second-order valence-corrected chi connectivity index (χ2v) is 4.91. The summed E-state index contributed by atoms with van der Waals surface area (Å²) in [7, 11) is 1.55. The van der Waals surface area contributed by atoms with E-state index in [0.29, 0.717) is 12.1 Å². The maximum Gasteiger partial charge on any atom is 0.419 e. The summed E-state index contributed by atoms with van der Waals surface area (Å²) in [6, 6.07) is 2.13. The second kappa shape index (κ2) is 6.45. The lowest BCUT2D eigenvalue weighted by Crippen LogP contribution is -2.26. The van der Waals surface area contributed by atoms with E-state index in [1.807, 2.05) is 6.92 Å². The van der Waals surface area contributed by atoms with Crippen LogP contribution in [0.1, 0.15) is 18.1 Å². The number of nitrogens with zero attached hydrogens (tertiary/aromatic N) is 2. The molecule has 1 N–H and O–H groups in total. The predicted octanol–water partition coefficient (Wildman–Crippen LogP) is 1.84. The summed E-state index contributed by atoms with van der Waals surface area (Å²) >= 11 is 0. The fraction of sp³-hybridized carbons (Fsp3) is 0.429. The highest BCUT2D eigenvalue weighted by atomic mass is 19.4. The van der Waals surface area contributed by atoms with Crippen molar-refractivity contribution in [3.05, 3.63) is 46.0 Å². The number of alkyl halides is 3. The highest BCUT2D eigenvalue weighted by molar-refractivity contribution is 5.50. The van der Waals surface area contributed by atoms with Gasteiger partial charge in [-0.3, -0.25) is 9.20 Å². The standard InChI is InChI=1S/C14H16F3N3O2/c1-9(22-2)6-18-7-10-5-11(14(15,16)17)13-19-4-3-12(21)20(13)8-10/h3-5,8-9,18H,6-7H2,1-2H3/t9-/m0/s1. The van der Waals surface area contributed by atoms with Crippen LogP contribution >= 0.6 is 0 Å². The third-order valence-corrected chi connectivity index (χ3v) is 3.21. The average molecular weight is 315 g/mol. The minimum Gasteiger partial charge on any atom is -0.380 e. The Balaban J connectivity index is 2.40. The molecule has 2 aromatic heterocycles. The number of hydrogen-bond donors (Lipinski definition) is 1. The molecule has 120 valence electrons. The molecule has 0 radical (unpaired) electrons. The molecule has 2 aromatic rings. The molecule has 0 fully saturated rings. The van der Waals surface area contributed by atoms with Crippen LogP contribution in [-0.2, 0) is 17.5 Å². The quantitative estimate of drug-likeness (QED) is 0.915. The van der Waals surface area contributed by atoms with Gasteiger partial charge in [0.05, 0.1) is 11.7 Å². The van der Waals surface area contributed by atoms with Crippen molar-refractivity contribution >= 4 is 5.65 Å². The first-order valence-corrected chi connectivity index (χ1v) is 6.64. The van der Waals surface area contributed by atoms with Crippen LogP contribution in [0.15, 0.2) is 29.3 Å². The van der Waals surface area contributed by atoms with Gasteiger partial charge in [-0.1, -0.05) is 0 Å². The van der Waals surface area contributed by atoms with Crippen molar-refractivity contribution in [1.29, 1.82) is 0 Å². The van der Waals surface area contributed by atoms with Crippen molar-refractivity contribution in [3.63, 3.8) is 0 Å². The first kappa shape index (κ1) is 16.4. The van der Waals surface area contributed by atoms with Crippen LogP contribution in [-0.4, -0.2) is 29.1 Å². The van der Waals surface area contributed by atoms with E-state index in [-0.39, 0.29) is 12.6 Å². The van der Waals surface area contributed by atoms with Gasteiger partial charge in [-0.2, -0.15) is 13.2 Å². The average Bonchev–Trinajstić information content (AvgIpc) is 2.46. The molecule has 2 heterocycles. The van der Waals surface area contributed by atoms with Gasteiger partial charge in [0, 0.05) is 38.7 Å². The molecule has 0 spiro atoms. The van der Waals surface area contributed by atoms with Crippen LogP contribution in [0.5, 0.6) is 0 Å². The first-order chi connectivity index (χ1) is 10.3. The molecule has 0 bridgehead atoms. The maximum absolute atomic E-state index is 13.1. The fourth-order valence-corrected chi connectivity index (χ4v) is 2.00. The summed E-state index contributed by atoms with van der Waals surface area (Å²) in [5.74, 6) is 0. The molecule has 0 unspecified atom stereocenters. The van der Waals surface area contributed by atoms with Gasteiger partial charge in [0.15, 0.2) is 5.65 Å². The van der Waals surface area contributed by atoms with E-state index in [4.69, 9.17) is 4.74 Å². The number of aromatic nitrogens is 2. The minimum atomic E-state index is -4.58. The Bertz CT molecular complexity index is 713. The number of fused-ring (bicyclic) bond motifs is 1. The highest BCUT2D eigenvalue weighted by Crippen LogP contribution is 2.32. The van der Waals surface area contributed by atoms with E-state index in [0.717, 1.165) is 22.7 Å². The van der Waals surface area contributed by atoms with E-state index in [1.54, 1.807) is 7.11 Å². The number of hydrogen-bond acceptors (Lipinski definition) is 4. The van der Waals surface area contributed by atoms with Crippen LogP contribution in [0, 0.1) is 0 Å². The van der Waals surface area contributed by atoms with Gasteiger partial charge in [-0.15, -0.1) is 0 Å². The number of nitrogens with one attached hydrogen (secondary N) is 1. The fourth-order valence-electron chi connectivity index (χ4n) is 2.00. The third kappa shape index (κ3) is 3.63. The maximum atomic E-state index is 13.1. The molecule has 0 aliphatic rings. The Hall–Kier alpha value is -1.93. The zero-order valence-corrected chi connectivity index (χ0v) is 12.1. The van der Waals surface area contributed by atoms with Crippen molar-refractivity contribution in [1.82, 2.24) is 14.7 Å². The first-order valence-electron chi connectivity index (χ1n) is 6.64. The Morgan fingerprint density at radius 2 is 2.18 bits per heavy atom. The molecular formula is C14H16F3N3O2. The monoisotopic (exact) mass is 315 g/mol. The number of pyridine rings is 1. The zero-order valence-electron chi connectivity index (χ0n) is 12.1. The second-order valence-electron chi connectivity index (χ2n) is 4.91. The van der Waals surface area contributed by atoms with Crippen LogP contribution < -0.4 is 10.9 Å². The molecule has 1 atom stereocenters. The van der Waals surface area contributed by atoms with E-state index < -0.39 is 22.9 Å².